The first kappa shape index (κ1) is 14.2. The molecule has 0 aliphatic heterocycles. The lowest BCUT2D eigenvalue weighted by molar-refractivity contribution is 0.0978. The van der Waals surface area contributed by atoms with Gasteiger partial charge in [-0.2, -0.15) is 0 Å². The zero-order valence-electron chi connectivity index (χ0n) is 10.0. The summed E-state index contributed by atoms with van der Waals surface area (Å²) in [7, 11) is -3.64. The smallest absolute Gasteiger partial charge is 0.205 e. The Morgan fingerprint density at radius 2 is 1.76 bits per heavy atom. The maximum Gasteiger partial charge on any atom is 0.205 e. The van der Waals surface area contributed by atoms with Crippen molar-refractivity contribution >= 4 is 27.2 Å². The molecular weight excluding hydrogens is 260 g/mol. The fraction of sp³-hybridized carbons (Fsp3) is 0.417. The molecule has 0 fully saturated rings. The van der Waals surface area contributed by atoms with Gasteiger partial charge in [-0.3, -0.25) is 4.79 Å². The second kappa shape index (κ2) is 4.78. The Bertz CT molecular complexity index is 515. The summed E-state index contributed by atoms with van der Waals surface area (Å²) in [5.41, 5.74) is 1.31. The Kier molecular flexibility index (Phi) is 3.99. The molecule has 0 aromatic heterocycles. The highest BCUT2D eigenvalue weighted by atomic mass is 35.5. The van der Waals surface area contributed by atoms with Crippen molar-refractivity contribution in [2.45, 2.75) is 25.0 Å². The van der Waals surface area contributed by atoms with Crippen LogP contribution in [0, 0.1) is 6.92 Å². The lowest BCUT2D eigenvalue weighted by atomic mass is 10.1. The normalized spacial score (nSPS) is 15.3. The summed E-state index contributed by atoms with van der Waals surface area (Å²) < 4.78 is 21.6. The number of ketones is 1. The number of hydrogen-bond donors (Lipinski definition) is 0. The Hall–Kier alpha value is -0.870. The fourth-order valence-corrected chi connectivity index (χ4v) is 2.75. The van der Waals surface area contributed by atoms with Gasteiger partial charge in [0.2, 0.25) is 4.21 Å². The van der Waals surface area contributed by atoms with Crippen LogP contribution in [0.5, 0.6) is 0 Å². The average Bonchev–Trinajstić information content (AvgIpc) is 2.28. The van der Waals surface area contributed by atoms with Crippen LogP contribution in [0.25, 0.3) is 0 Å². The molecule has 1 aromatic rings. The van der Waals surface area contributed by atoms with E-state index in [4.69, 9.17) is 11.6 Å². The van der Waals surface area contributed by atoms with Gasteiger partial charge in [0.1, 0.15) is 0 Å². The summed E-state index contributed by atoms with van der Waals surface area (Å²) in [6, 6.07) is 6.67. The summed E-state index contributed by atoms with van der Waals surface area (Å²) in [5, 5.41) is 0. The van der Waals surface area contributed by atoms with Crippen LogP contribution >= 0.6 is 11.6 Å². The minimum atomic E-state index is -3.64. The molecule has 5 heteroatoms. The summed E-state index contributed by atoms with van der Waals surface area (Å²) in [6.07, 6.45) is 0. The van der Waals surface area contributed by atoms with Crippen LogP contribution in [0.1, 0.15) is 29.8 Å². The highest BCUT2D eigenvalue weighted by Gasteiger charge is 2.43. The van der Waals surface area contributed by atoms with Gasteiger partial charge in [0.15, 0.2) is 15.6 Å². The summed E-state index contributed by atoms with van der Waals surface area (Å²) >= 11 is 5.92. The molecule has 17 heavy (non-hydrogen) atoms. The largest absolute Gasteiger partial charge is 0.291 e. The van der Waals surface area contributed by atoms with E-state index in [0.29, 0.717) is 5.56 Å². The molecule has 0 aliphatic carbocycles. The van der Waals surface area contributed by atoms with Gasteiger partial charge >= 0.3 is 0 Å². The van der Waals surface area contributed by atoms with Crippen molar-refractivity contribution in [3.63, 3.8) is 0 Å². The Balaban J connectivity index is 3.18. The zero-order valence-corrected chi connectivity index (χ0v) is 11.6. The van der Waals surface area contributed by atoms with Crippen LogP contribution in [-0.2, 0) is 9.84 Å². The number of halogens is 1. The summed E-state index contributed by atoms with van der Waals surface area (Å²) in [6.45, 7) is 4.59. The van der Waals surface area contributed by atoms with Gasteiger partial charge in [-0.05, 0) is 13.8 Å². The number of Topliss-reactive ketones (excluding diaryl/α,β-unsaturated/α-hetero) is 1. The molecule has 0 saturated carbocycles. The van der Waals surface area contributed by atoms with Gasteiger partial charge in [0, 0.05) is 11.3 Å². The number of rotatable bonds is 4. The average molecular weight is 275 g/mol. The van der Waals surface area contributed by atoms with Crippen LogP contribution in [-0.4, -0.2) is 24.2 Å². The van der Waals surface area contributed by atoms with E-state index in [1.165, 1.54) is 13.8 Å². The van der Waals surface area contributed by atoms with E-state index < -0.39 is 19.8 Å². The number of alkyl halides is 1. The van der Waals surface area contributed by atoms with E-state index in [2.05, 4.69) is 0 Å². The number of sulfone groups is 1. The predicted octanol–water partition coefficient (Wildman–Crippen LogP) is 2.57. The molecule has 0 saturated heterocycles. The fourth-order valence-electron chi connectivity index (χ4n) is 1.38. The molecule has 0 radical (unpaired) electrons. The molecule has 1 atom stereocenters. The highest BCUT2D eigenvalue weighted by Crippen LogP contribution is 2.28. The Morgan fingerprint density at radius 1 is 1.29 bits per heavy atom. The summed E-state index contributed by atoms with van der Waals surface area (Å²) in [5.74, 6) is -0.744. The van der Waals surface area contributed by atoms with Crippen LogP contribution in [0.15, 0.2) is 24.3 Å². The predicted molar refractivity (Wildman–Crippen MR) is 69.2 cm³/mol. The quantitative estimate of drug-likeness (QED) is 0.626. The highest BCUT2D eigenvalue weighted by molar-refractivity contribution is 7.95. The monoisotopic (exact) mass is 274 g/mol. The second-order valence-electron chi connectivity index (χ2n) is 4.02. The molecule has 94 valence electrons. The van der Waals surface area contributed by atoms with E-state index in [9.17, 15) is 13.2 Å². The lowest BCUT2D eigenvalue weighted by Crippen LogP contribution is -2.39. The first-order valence-corrected chi connectivity index (χ1v) is 7.28. The van der Waals surface area contributed by atoms with E-state index in [1.807, 2.05) is 6.92 Å². The van der Waals surface area contributed by atoms with Gasteiger partial charge in [-0.15, -0.1) is 0 Å². The van der Waals surface area contributed by atoms with Crippen LogP contribution in [0.3, 0.4) is 0 Å². The maximum absolute atomic E-state index is 12.1. The SMILES string of the molecule is CCS(=O)(=O)[C@](C)(Cl)C(=O)c1ccc(C)cc1. The number of carbonyl (C=O) groups excluding carboxylic acids is 1. The minimum absolute atomic E-state index is 0.162. The third-order valence-corrected chi connectivity index (χ3v) is 5.67. The molecule has 0 heterocycles. The van der Waals surface area contributed by atoms with Crippen LogP contribution < -0.4 is 0 Å². The van der Waals surface area contributed by atoms with Crippen molar-refractivity contribution in [2.75, 3.05) is 5.75 Å². The second-order valence-corrected chi connectivity index (χ2v) is 7.62. The molecule has 1 aromatic carbocycles. The minimum Gasteiger partial charge on any atom is -0.291 e. The number of benzene rings is 1. The first-order valence-electron chi connectivity index (χ1n) is 5.25. The van der Waals surface area contributed by atoms with Crippen molar-refractivity contribution in [2.24, 2.45) is 0 Å². The third kappa shape index (κ3) is 2.69. The van der Waals surface area contributed by atoms with Crippen molar-refractivity contribution < 1.29 is 13.2 Å². The zero-order chi connectivity index (χ0) is 13.3. The molecule has 0 aliphatic rings. The van der Waals surface area contributed by atoms with Crippen molar-refractivity contribution in [3.8, 4) is 0 Å². The molecule has 0 unspecified atom stereocenters. The van der Waals surface area contributed by atoms with Gasteiger partial charge in [0.25, 0.3) is 0 Å². The molecule has 1 rings (SSSR count). The van der Waals surface area contributed by atoms with E-state index in [-0.39, 0.29) is 5.75 Å². The number of aryl methyl sites for hydroxylation is 1. The van der Waals surface area contributed by atoms with Crippen LogP contribution in [0.4, 0.5) is 0 Å². The molecule has 0 spiro atoms. The first-order chi connectivity index (χ1) is 7.72. The van der Waals surface area contributed by atoms with Gasteiger partial charge in [-0.25, -0.2) is 8.42 Å². The van der Waals surface area contributed by atoms with E-state index in [0.717, 1.165) is 5.56 Å². The van der Waals surface area contributed by atoms with Gasteiger partial charge < -0.3 is 0 Å². The Labute approximate surface area is 107 Å². The van der Waals surface area contributed by atoms with Gasteiger partial charge in [-0.1, -0.05) is 48.4 Å². The topological polar surface area (TPSA) is 51.2 Å². The van der Waals surface area contributed by atoms with Crippen LogP contribution in [0.2, 0.25) is 0 Å². The van der Waals surface area contributed by atoms with Crippen molar-refractivity contribution in [1.82, 2.24) is 0 Å². The Morgan fingerprint density at radius 3 is 2.18 bits per heavy atom. The summed E-state index contributed by atoms with van der Waals surface area (Å²) in [4.78, 5) is 12.1. The van der Waals surface area contributed by atoms with Crippen molar-refractivity contribution in [3.05, 3.63) is 35.4 Å². The molecular formula is C12H15ClO3S. The maximum atomic E-state index is 12.1. The molecule has 0 amide bonds. The van der Waals surface area contributed by atoms with E-state index in [1.54, 1.807) is 24.3 Å². The molecule has 3 nitrogen and oxygen atoms in total. The van der Waals surface area contributed by atoms with Crippen molar-refractivity contribution in [1.29, 1.82) is 0 Å². The lowest BCUT2D eigenvalue weighted by Gasteiger charge is -2.20. The third-order valence-electron chi connectivity index (χ3n) is 2.68. The number of hydrogen-bond acceptors (Lipinski definition) is 3. The van der Waals surface area contributed by atoms with Gasteiger partial charge in [0.05, 0.1) is 0 Å². The standard InChI is InChI=1S/C12H15ClO3S/c1-4-17(15,16)12(3,13)11(14)10-7-5-9(2)6-8-10/h5-8H,4H2,1-3H3/t12-/m0/s1. The molecule has 0 N–H and O–H groups in total. The molecule has 0 bridgehead atoms. The number of carbonyl (C=O) groups is 1. The van der Waals surface area contributed by atoms with E-state index >= 15 is 0 Å².